The second-order valence-electron chi connectivity index (χ2n) is 3.55. The summed E-state index contributed by atoms with van der Waals surface area (Å²) >= 11 is 1.64. The number of halogens is 1. The number of carbonyl (C=O) groups is 1. The predicted octanol–water partition coefficient (Wildman–Crippen LogP) is 1.71. The van der Waals surface area contributed by atoms with Gasteiger partial charge in [-0.1, -0.05) is 13.0 Å². The van der Waals surface area contributed by atoms with Crippen LogP contribution in [-0.4, -0.2) is 25.7 Å². The summed E-state index contributed by atoms with van der Waals surface area (Å²) in [6.45, 7) is 2.28. The molecule has 0 aliphatic heterocycles. The Morgan fingerprint density at radius 2 is 2.35 bits per heavy atom. The quantitative estimate of drug-likeness (QED) is 0.833. The normalized spacial score (nSPS) is 13.6. The molecule has 1 amide bonds. The molecule has 0 radical (unpaired) electrons. The number of hydrogen-bond donors (Lipinski definition) is 2. The molecule has 17 heavy (non-hydrogen) atoms. The summed E-state index contributed by atoms with van der Waals surface area (Å²) in [5, 5.41) is 4.92. The van der Waals surface area contributed by atoms with Crippen LogP contribution in [0.15, 0.2) is 17.5 Å². The van der Waals surface area contributed by atoms with E-state index < -0.39 is 6.04 Å². The summed E-state index contributed by atoms with van der Waals surface area (Å²) in [6, 6.07) is 3.44. The average molecular weight is 279 g/mol. The van der Waals surface area contributed by atoms with Crippen molar-refractivity contribution in [2.75, 3.05) is 13.7 Å². The molecule has 0 aliphatic rings. The molecule has 4 nitrogen and oxygen atoms in total. The van der Waals surface area contributed by atoms with E-state index in [0.29, 0.717) is 0 Å². The van der Waals surface area contributed by atoms with Gasteiger partial charge in [-0.2, -0.15) is 0 Å². The van der Waals surface area contributed by atoms with Gasteiger partial charge in [-0.15, -0.1) is 23.7 Å². The van der Waals surface area contributed by atoms with Gasteiger partial charge in [0.05, 0.1) is 12.6 Å². The monoisotopic (exact) mass is 278 g/mol. The van der Waals surface area contributed by atoms with E-state index >= 15 is 0 Å². The lowest BCUT2D eigenvalue weighted by atomic mass is 10.1. The van der Waals surface area contributed by atoms with Gasteiger partial charge < -0.3 is 15.8 Å². The highest BCUT2D eigenvalue weighted by molar-refractivity contribution is 7.10. The van der Waals surface area contributed by atoms with Crippen LogP contribution < -0.4 is 11.1 Å². The number of carbonyl (C=O) groups excluding carboxylic acids is 1. The van der Waals surface area contributed by atoms with E-state index in [2.05, 4.69) is 5.32 Å². The first-order chi connectivity index (χ1) is 7.69. The molecule has 0 saturated carbocycles. The van der Waals surface area contributed by atoms with Gasteiger partial charge >= 0.3 is 0 Å². The maximum atomic E-state index is 11.7. The molecule has 1 aromatic rings. The molecule has 0 saturated heterocycles. The third kappa shape index (κ3) is 5.04. The molecule has 1 aromatic heterocycles. The second kappa shape index (κ2) is 8.47. The summed E-state index contributed by atoms with van der Waals surface area (Å²) < 4.78 is 4.85. The van der Waals surface area contributed by atoms with Crippen molar-refractivity contribution in [3.63, 3.8) is 0 Å². The maximum Gasteiger partial charge on any atom is 0.239 e. The van der Waals surface area contributed by atoms with Gasteiger partial charge in [0.25, 0.3) is 0 Å². The van der Waals surface area contributed by atoms with Crippen LogP contribution in [0.3, 0.4) is 0 Å². The van der Waals surface area contributed by atoms with Gasteiger partial charge in [0.15, 0.2) is 0 Å². The first kappa shape index (κ1) is 16.4. The van der Waals surface area contributed by atoms with E-state index in [-0.39, 0.29) is 31.0 Å². The van der Waals surface area contributed by atoms with E-state index in [1.165, 1.54) is 7.11 Å². The highest BCUT2D eigenvalue weighted by atomic mass is 35.5. The van der Waals surface area contributed by atoms with Crippen LogP contribution in [0.5, 0.6) is 0 Å². The molecule has 1 heterocycles. The molecule has 0 bridgehead atoms. The Labute approximate surface area is 112 Å². The summed E-state index contributed by atoms with van der Waals surface area (Å²) in [6.07, 6.45) is 0.853. The molecule has 98 valence electrons. The molecular weight excluding hydrogens is 260 g/mol. The second-order valence-corrected chi connectivity index (χ2v) is 4.53. The van der Waals surface area contributed by atoms with E-state index in [1.54, 1.807) is 11.3 Å². The van der Waals surface area contributed by atoms with Crippen LogP contribution >= 0.6 is 23.7 Å². The Kier molecular flexibility index (Phi) is 8.16. The van der Waals surface area contributed by atoms with Crippen molar-refractivity contribution in [2.45, 2.75) is 25.4 Å². The zero-order chi connectivity index (χ0) is 12.0. The fourth-order valence-corrected chi connectivity index (χ4v) is 2.26. The maximum absolute atomic E-state index is 11.7. The van der Waals surface area contributed by atoms with Crippen LogP contribution in [0.2, 0.25) is 0 Å². The van der Waals surface area contributed by atoms with Crippen LogP contribution in [0, 0.1) is 0 Å². The van der Waals surface area contributed by atoms with Crippen LogP contribution in [0.25, 0.3) is 0 Å². The summed E-state index contributed by atoms with van der Waals surface area (Å²) in [5.41, 5.74) is 5.65. The van der Waals surface area contributed by atoms with Crippen molar-refractivity contribution in [3.8, 4) is 0 Å². The Morgan fingerprint density at radius 1 is 1.65 bits per heavy atom. The van der Waals surface area contributed by atoms with Crippen LogP contribution in [0.1, 0.15) is 24.3 Å². The minimum atomic E-state index is -0.598. The molecule has 3 N–H and O–H groups in total. The van der Waals surface area contributed by atoms with Crippen molar-refractivity contribution in [1.82, 2.24) is 5.32 Å². The Balaban J connectivity index is 0.00000256. The van der Waals surface area contributed by atoms with Crippen molar-refractivity contribution >= 4 is 29.7 Å². The first-order valence-corrected chi connectivity index (χ1v) is 6.15. The number of thiophene rings is 1. The van der Waals surface area contributed by atoms with E-state index in [4.69, 9.17) is 10.5 Å². The van der Waals surface area contributed by atoms with Gasteiger partial charge in [-0.3, -0.25) is 4.79 Å². The third-order valence-electron chi connectivity index (χ3n) is 2.29. The SMILES string of the molecule is CCC(NC(=O)C(N)COC)c1cccs1.Cl. The number of hydrogen-bond acceptors (Lipinski definition) is 4. The van der Waals surface area contributed by atoms with Crippen LogP contribution in [-0.2, 0) is 9.53 Å². The molecule has 1 rings (SSSR count). The Hall–Kier alpha value is -0.620. The molecule has 0 aromatic carbocycles. The van der Waals surface area contributed by atoms with Crippen molar-refractivity contribution in [2.24, 2.45) is 5.73 Å². The van der Waals surface area contributed by atoms with Gasteiger partial charge in [-0.05, 0) is 17.9 Å². The molecule has 0 spiro atoms. The lowest BCUT2D eigenvalue weighted by Gasteiger charge is -2.18. The molecular formula is C11H19ClN2O2S. The standard InChI is InChI=1S/C11H18N2O2S.ClH/c1-3-9(10-5-4-6-16-10)13-11(14)8(12)7-15-2;/h4-6,8-9H,3,7,12H2,1-2H3,(H,13,14);1H. The minimum absolute atomic E-state index is 0. The van der Waals surface area contributed by atoms with E-state index in [1.807, 2.05) is 24.4 Å². The number of ether oxygens (including phenoxy) is 1. The zero-order valence-corrected chi connectivity index (χ0v) is 11.6. The summed E-state index contributed by atoms with van der Waals surface area (Å²) in [7, 11) is 1.53. The van der Waals surface area contributed by atoms with Crippen LogP contribution in [0.4, 0.5) is 0 Å². The first-order valence-electron chi connectivity index (χ1n) is 5.27. The number of amides is 1. The summed E-state index contributed by atoms with van der Waals surface area (Å²) in [5.74, 6) is -0.165. The molecule has 0 aliphatic carbocycles. The number of methoxy groups -OCH3 is 1. The van der Waals surface area contributed by atoms with Gasteiger partial charge in [0.2, 0.25) is 5.91 Å². The molecule has 2 atom stereocenters. The van der Waals surface area contributed by atoms with E-state index in [0.717, 1.165) is 11.3 Å². The average Bonchev–Trinajstić information content (AvgIpc) is 2.79. The number of nitrogens with one attached hydrogen (secondary N) is 1. The van der Waals surface area contributed by atoms with Crippen molar-refractivity contribution in [1.29, 1.82) is 0 Å². The van der Waals surface area contributed by atoms with Gasteiger partial charge in [0, 0.05) is 12.0 Å². The van der Waals surface area contributed by atoms with Gasteiger partial charge in [-0.25, -0.2) is 0 Å². The largest absolute Gasteiger partial charge is 0.383 e. The Morgan fingerprint density at radius 3 is 2.82 bits per heavy atom. The predicted molar refractivity (Wildman–Crippen MR) is 72.6 cm³/mol. The molecule has 2 unspecified atom stereocenters. The summed E-state index contributed by atoms with van der Waals surface area (Å²) in [4.78, 5) is 12.8. The minimum Gasteiger partial charge on any atom is -0.383 e. The zero-order valence-electron chi connectivity index (χ0n) is 10.0. The fourth-order valence-electron chi connectivity index (χ4n) is 1.40. The highest BCUT2D eigenvalue weighted by Gasteiger charge is 2.18. The number of rotatable bonds is 6. The smallest absolute Gasteiger partial charge is 0.239 e. The third-order valence-corrected chi connectivity index (χ3v) is 3.28. The van der Waals surface area contributed by atoms with Gasteiger partial charge in [0.1, 0.15) is 6.04 Å². The van der Waals surface area contributed by atoms with Crippen molar-refractivity contribution < 1.29 is 9.53 Å². The number of nitrogens with two attached hydrogens (primary N) is 1. The lowest BCUT2D eigenvalue weighted by molar-refractivity contribution is -0.124. The molecule has 6 heteroatoms. The van der Waals surface area contributed by atoms with E-state index in [9.17, 15) is 4.79 Å². The topological polar surface area (TPSA) is 64.4 Å². The Bertz CT molecular complexity index is 319. The lowest BCUT2D eigenvalue weighted by Crippen LogP contribution is -2.44. The fraction of sp³-hybridized carbons (Fsp3) is 0.545. The highest BCUT2D eigenvalue weighted by Crippen LogP contribution is 2.21. The molecule has 0 fully saturated rings. The van der Waals surface area contributed by atoms with Crippen molar-refractivity contribution in [3.05, 3.63) is 22.4 Å².